The fourth-order valence-electron chi connectivity index (χ4n) is 1.36. The van der Waals surface area contributed by atoms with Gasteiger partial charge < -0.3 is 4.74 Å². The van der Waals surface area contributed by atoms with E-state index in [1.54, 1.807) is 0 Å². The second-order valence-corrected chi connectivity index (χ2v) is 4.29. The molecule has 0 unspecified atom stereocenters. The molecule has 1 fully saturated rings. The average Bonchev–Trinajstić information content (AvgIpc) is 2.26. The fraction of sp³-hybridized carbons (Fsp3) is 1.00. The molecule has 1 rings (SSSR count). The van der Waals surface area contributed by atoms with Crippen LogP contribution in [0, 0.1) is 0 Å². The smallest absolute Gasteiger partial charge is 0.113 e. The maximum Gasteiger partial charge on any atom is 0.113 e. The predicted octanol–water partition coefficient (Wildman–Crippen LogP) is 1.89. The molecule has 0 amide bonds. The maximum atomic E-state index is 5.52. The highest BCUT2D eigenvalue weighted by atomic mass is 79.9. The number of rotatable bonds is 3. The van der Waals surface area contributed by atoms with E-state index in [0.29, 0.717) is 6.04 Å². The predicted molar refractivity (Wildman–Crippen MR) is 50.0 cm³/mol. The first kappa shape index (κ1) is 9.49. The van der Waals surface area contributed by atoms with E-state index in [1.807, 2.05) is 0 Å². The Bertz CT molecular complexity index is 127. The lowest BCUT2D eigenvalue weighted by Gasteiger charge is -2.17. The van der Waals surface area contributed by atoms with Crippen molar-refractivity contribution >= 4 is 15.9 Å². The summed E-state index contributed by atoms with van der Waals surface area (Å²) < 4.78 is 5.52. The molecule has 1 saturated heterocycles. The zero-order valence-electron chi connectivity index (χ0n) is 7.19. The van der Waals surface area contributed by atoms with Crippen LogP contribution < -0.4 is 5.32 Å². The molecule has 2 nitrogen and oxygen atoms in total. The number of alkyl halides is 1. The van der Waals surface area contributed by atoms with Gasteiger partial charge in [0.15, 0.2) is 0 Å². The molecule has 0 saturated carbocycles. The van der Waals surface area contributed by atoms with Crippen molar-refractivity contribution in [3.05, 3.63) is 0 Å². The van der Waals surface area contributed by atoms with Crippen LogP contribution in [0.2, 0.25) is 0 Å². The van der Waals surface area contributed by atoms with Crippen molar-refractivity contribution in [2.75, 3.05) is 11.9 Å². The Kier molecular flexibility index (Phi) is 3.34. The Hall–Kier alpha value is 0.400. The molecule has 0 aromatic heterocycles. The Morgan fingerprint density at radius 3 is 2.82 bits per heavy atom. The molecule has 0 spiro atoms. The average molecular weight is 222 g/mol. The van der Waals surface area contributed by atoms with E-state index >= 15 is 0 Å². The summed E-state index contributed by atoms with van der Waals surface area (Å²) in [5.74, 6) is 0. The van der Waals surface area contributed by atoms with Crippen LogP contribution in [0.1, 0.15) is 26.7 Å². The quantitative estimate of drug-likeness (QED) is 0.736. The molecule has 0 aromatic rings. The molecular weight excluding hydrogens is 206 g/mol. The van der Waals surface area contributed by atoms with Crippen molar-refractivity contribution < 1.29 is 4.74 Å². The Morgan fingerprint density at radius 1 is 1.64 bits per heavy atom. The molecule has 1 N–H and O–H groups in total. The lowest BCUT2D eigenvalue weighted by atomic mass is 10.2. The van der Waals surface area contributed by atoms with Gasteiger partial charge in [0.1, 0.15) is 5.72 Å². The van der Waals surface area contributed by atoms with Crippen LogP contribution in [-0.2, 0) is 4.74 Å². The van der Waals surface area contributed by atoms with Crippen LogP contribution in [-0.4, -0.2) is 23.7 Å². The zero-order chi connectivity index (χ0) is 8.32. The molecule has 11 heavy (non-hydrogen) atoms. The topological polar surface area (TPSA) is 21.3 Å². The van der Waals surface area contributed by atoms with E-state index in [4.69, 9.17) is 4.74 Å². The summed E-state index contributed by atoms with van der Waals surface area (Å²) >= 11 is 3.42. The van der Waals surface area contributed by atoms with Gasteiger partial charge in [-0.05, 0) is 26.7 Å². The molecule has 1 atom stereocenters. The van der Waals surface area contributed by atoms with Crippen molar-refractivity contribution in [2.45, 2.75) is 38.5 Å². The van der Waals surface area contributed by atoms with Gasteiger partial charge in [-0.15, -0.1) is 0 Å². The number of hydrogen-bond donors (Lipinski definition) is 1. The van der Waals surface area contributed by atoms with E-state index in [-0.39, 0.29) is 5.72 Å². The zero-order valence-corrected chi connectivity index (χ0v) is 8.78. The minimum atomic E-state index is -0.100. The third-order valence-corrected chi connectivity index (χ3v) is 2.44. The number of hydrogen-bond acceptors (Lipinski definition) is 2. The summed E-state index contributed by atoms with van der Waals surface area (Å²) in [5.41, 5.74) is -0.100. The van der Waals surface area contributed by atoms with E-state index in [2.05, 4.69) is 35.1 Å². The molecule has 1 aliphatic heterocycles. The lowest BCUT2D eigenvalue weighted by Crippen LogP contribution is -2.38. The normalized spacial score (nSPS) is 29.2. The van der Waals surface area contributed by atoms with E-state index in [0.717, 1.165) is 11.9 Å². The van der Waals surface area contributed by atoms with E-state index in [1.165, 1.54) is 12.8 Å². The van der Waals surface area contributed by atoms with Gasteiger partial charge in [0.2, 0.25) is 0 Å². The first-order valence-corrected chi connectivity index (χ1v) is 5.24. The highest BCUT2D eigenvalue weighted by Crippen LogP contribution is 2.17. The molecule has 0 aliphatic carbocycles. The second-order valence-electron chi connectivity index (χ2n) is 3.49. The fourth-order valence-corrected chi connectivity index (χ4v) is 1.69. The van der Waals surface area contributed by atoms with Crippen molar-refractivity contribution in [3.8, 4) is 0 Å². The lowest BCUT2D eigenvalue weighted by molar-refractivity contribution is 0.0231. The van der Waals surface area contributed by atoms with Crippen molar-refractivity contribution in [3.63, 3.8) is 0 Å². The summed E-state index contributed by atoms with van der Waals surface area (Å²) in [7, 11) is 0. The molecule has 0 bridgehead atoms. The highest BCUT2D eigenvalue weighted by Gasteiger charge is 2.29. The molecule has 0 aromatic carbocycles. The molecular formula is C8H16BrNO. The minimum Gasteiger partial charge on any atom is -0.360 e. The Balaban J connectivity index is 2.20. The van der Waals surface area contributed by atoms with Gasteiger partial charge in [-0.2, -0.15) is 0 Å². The maximum absolute atomic E-state index is 5.52. The first-order chi connectivity index (χ1) is 5.14. The van der Waals surface area contributed by atoms with Crippen molar-refractivity contribution in [1.29, 1.82) is 0 Å². The van der Waals surface area contributed by atoms with Crippen molar-refractivity contribution in [2.24, 2.45) is 0 Å². The SMILES string of the molecule is CC1(C)N[C@H](CCCBr)CO1. The first-order valence-electron chi connectivity index (χ1n) is 4.12. The van der Waals surface area contributed by atoms with Crippen LogP contribution in [0.5, 0.6) is 0 Å². The molecule has 1 aliphatic rings. The van der Waals surface area contributed by atoms with Gasteiger partial charge in [0, 0.05) is 11.4 Å². The van der Waals surface area contributed by atoms with Crippen LogP contribution in [0.25, 0.3) is 0 Å². The summed E-state index contributed by atoms with van der Waals surface area (Å²) in [6.07, 6.45) is 2.42. The largest absolute Gasteiger partial charge is 0.360 e. The van der Waals surface area contributed by atoms with Gasteiger partial charge in [-0.25, -0.2) is 0 Å². The number of nitrogens with one attached hydrogen (secondary N) is 1. The molecule has 3 heteroatoms. The van der Waals surface area contributed by atoms with E-state index in [9.17, 15) is 0 Å². The third-order valence-electron chi connectivity index (χ3n) is 1.88. The summed E-state index contributed by atoms with van der Waals surface area (Å²) in [4.78, 5) is 0. The highest BCUT2D eigenvalue weighted by molar-refractivity contribution is 9.09. The van der Waals surface area contributed by atoms with Crippen LogP contribution in [0.4, 0.5) is 0 Å². The van der Waals surface area contributed by atoms with Crippen LogP contribution >= 0.6 is 15.9 Å². The van der Waals surface area contributed by atoms with Gasteiger partial charge in [0.05, 0.1) is 6.61 Å². The van der Waals surface area contributed by atoms with Gasteiger partial charge in [-0.1, -0.05) is 15.9 Å². The minimum absolute atomic E-state index is 0.100. The molecule has 0 radical (unpaired) electrons. The van der Waals surface area contributed by atoms with Gasteiger partial charge in [0.25, 0.3) is 0 Å². The Morgan fingerprint density at radius 2 is 2.36 bits per heavy atom. The summed E-state index contributed by atoms with van der Waals surface area (Å²) in [6.45, 7) is 5.00. The molecule has 1 heterocycles. The Labute approximate surface area is 76.8 Å². The number of halogens is 1. The number of ether oxygens (including phenoxy) is 1. The third kappa shape index (κ3) is 3.09. The summed E-state index contributed by atoms with van der Waals surface area (Å²) in [5, 5.41) is 4.51. The van der Waals surface area contributed by atoms with Crippen LogP contribution in [0.15, 0.2) is 0 Å². The summed E-state index contributed by atoms with van der Waals surface area (Å²) in [6, 6.07) is 0.558. The molecule has 66 valence electrons. The second kappa shape index (κ2) is 3.87. The van der Waals surface area contributed by atoms with Gasteiger partial charge in [-0.3, -0.25) is 5.32 Å². The van der Waals surface area contributed by atoms with E-state index < -0.39 is 0 Å². The monoisotopic (exact) mass is 221 g/mol. The standard InChI is InChI=1S/C8H16BrNO/c1-8(2)10-7(6-11-8)4-3-5-9/h7,10H,3-6H2,1-2H3/t7-/m1/s1. The van der Waals surface area contributed by atoms with Crippen LogP contribution in [0.3, 0.4) is 0 Å². The van der Waals surface area contributed by atoms with Gasteiger partial charge >= 0.3 is 0 Å². The van der Waals surface area contributed by atoms with Crippen molar-refractivity contribution in [1.82, 2.24) is 5.32 Å².